The van der Waals surface area contributed by atoms with Gasteiger partial charge in [0.05, 0.1) is 23.5 Å². The zero-order valence-electron chi connectivity index (χ0n) is 19.4. The van der Waals surface area contributed by atoms with Gasteiger partial charge >= 0.3 is 0 Å². The predicted octanol–water partition coefficient (Wildman–Crippen LogP) is 4.93. The molecule has 0 bridgehead atoms. The number of nitrogens with zero attached hydrogens (tertiary/aromatic N) is 4. The van der Waals surface area contributed by atoms with Gasteiger partial charge in [0.25, 0.3) is 0 Å². The van der Waals surface area contributed by atoms with Crippen LogP contribution in [-0.2, 0) is 22.6 Å². The third-order valence-corrected chi connectivity index (χ3v) is 6.71. The summed E-state index contributed by atoms with van der Waals surface area (Å²) in [6, 6.07) is 21.4. The fourth-order valence-electron chi connectivity index (χ4n) is 4.14. The van der Waals surface area contributed by atoms with Gasteiger partial charge in [0.1, 0.15) is 11.9 Å². The van der Waals surface area contributed by atoms with Crippen LogP contribution in [-0.4, -0.2) is 31.9 Å². The van der Waals surface area contributed by atoms with Crippen molar-refractivity contribution in [1.29, 1.82) is 5.26 Å². The lowest BCUT2D eigenvalue weighted by atomic mass is 9.89. The number of nitriles is 1. The van der Waals surface area contributed by atoms with E-state index in [1.54, 1.807) is 0 Å². The van der Waals surface area contributed by atoms with Crippen molar-refractivity contribution in [3.63, 3.8) is 0 Å². The topological polar surface area (TPSA) is 104 Å². The van der Waals surface area contributed by atoms with Gasteiger partial charge in [-0.2, -0.15) is 5.26 Å². The summed E-state index contributed by atoms with van der Waals surface area (Å²) in [6.45, 7) is 4.37. The van der Waals surface area contributed by atoms with Crippen molar-refractivity contribution in [2.75, 3.05) is 16.4 Å². The Kier molecular flexibility index (Phi) is 6.16. The van der Waals surface area contributed by atoms with Crippen LogP contribution in [0.2, 0.25) is 0 Å². The molecule has 35 heavy (non-hydrogen) atoms. The second kappa shape index (κ2) is 9.41. The third kappa shape index (κ3) is 4.71. The number of anilines is 3. The van der Waals surface area contributed by atoms with Crippen molar-refractivity contribution in [3.8, 4) is 6.07 Å². The van der Waals surface area contributed by atoms with Crippen molar-refractivity contribution < 1.29 is 9.53 Å². The van der Waals surface area contributed by atoms with Gasteiger partial charge in [0, 0.05) is 23.4 Å². The molecule has 0 saturated heterocycles. The van der Waals surface area contributed by atoms with Crippen LogP contribution in [0.25, 0.3) is 5.65 Å². The number of hydrogen-bond donors (Lipinski definition) is 2. The first-order valence-corrected chi connectivity index (χ1v) is 12.2. The maximum Gasteiger partial charge on any atom is 0.234 e. The molecule has 2 aromatic carbocycles. The monoisotopic (exact) mass is 484 g/mol. The highest BCUT2D eigenvalue weighted by atomic mass is 32.2. The average molecular weight is 485 g/mol. The van der Waals surface area contributed by atoms with Crippen LogP contribution < -0.4 is 10.6 Å². The number of ether oxygens (including phenoxy) is 1. The van der Waals surface area contributed by atoms with Crippen molar-refractivity contribution in [2.24, 2.45) is 0 Å². The molecule has 0 radical (unpaired) electrons. The Morgan fingerprint density at radius 2 is 1.77 bits per heavy atom. The molecule has 1 aliphatic heterocycles. The molecule has 0 spiro atoms. The first kappa shape index (κ1) is 22.9. The van der Waals surface area contributed by atoms with E-state index in [0.717, 1.165) is 22.5 Å². The number of benzene rings is 2. The SMILES string of the molecule is CC1(C)Cc2c(C#N)c(Nc3ccccc3)n3c(SCC(=O)Nc4ccccc4)nnc3c2CO1. The number of aromatic nitrogens is 3. The average Bonchev–Trinajstić information content (AvgIpc) is 3.27. The smallest absolute Gasteiger partial charge is 0.234 e. The van der Waals surface area contributed by atoms with Crippen molar-refractivity contribution >= 4 is 40.5 Å². The quantitative estimate of drug-likeness (QED) is 0.374. The number of fused-ring (bicyclic) bond motifs is 3. The lowest BCUT2D eigenvalue weighted by molar-refractivity contribution is -0.113. The molecule has 5 rings (SSSR count). The minimum absolute atomic E-state index is 0.142. The second-order valence-corrected chi connectivity index (χ2v) is 9.80. The van der Waals surface area contributed by atoms with Crippen molar-refractivity contribution in [3.05, 3.63) is 77.4 Å². The summed E-state index contributed by atoms with van der Waals surface area (Å²) < 4.78 is 7.88. The molecule has 0 unspecified atom stereocenters. The fourth-order valence-corrected chi connectivity index (χ4v) is 4.88. The summed E-state index contributed by atoms with van der Waals surface area (Å²) in [6.07, 6.45) is 0.583. The fraction of sp³-hybridized carbons (Fsp3) is 0.231. The Labute approximate surface area is 207 Å². The van der Waals surface area contributed by atoms with Gasteiger partial charge in [-0.3, -0.25) is 9.20 Å². The molecule has 8 nitrogen and oxygen atoms in total. The minimum Gasteiger partial charge on any atom is -0.370 e. The summed E-state index contributed by atoms with van der Waals surface area (Å²) in [5.41, 5.74) is 4.10. The molecule has 1 aliphatic rings. The highest BCUT2D eigenvalue weighted by molar-refractivity contribution is 7.99. The van der Waals surface area contributed by atoms with Gasteiger partial charge in [-0.05, 0) is 43.7 Å². The van der Waals surface area contributed by atoms with Crippen LogP contribution in [0.15, 0.2) is 65.8 Å². The number of carbonyl (C=O) groups excluding carboxylic acids is 1. The summed E-state index contributed by atoms with van der Waals surface area (Å²) in [5, 5.41) is 25.9. The van der Waals surface area contributed by atoms with Gasteiger partial charge in [0.2, 0.25) is 5.91 Å². The summed E-state index contributed by atoms with van der Waals surface area (Å²) in [5.74, 6) is 0.573. The lowest BCUT2D eigenvalue weighted by Crippen LogP contribution is -2.33. The van der Waals surface area contributed by atoms with Crippen molar-refractivity contribution in [2.45, 2.75) is 37.6 Å². The third-order valence-electron chi connectivity index (χ3n) is 5.78. The van der Waals surface area contributed by atoms with Gasteiger partial charge in [-0.1, -0.05) is 48.2 Å². The minimum atomic E-state index is -0.395. The lowest BCUT2D eigenvalue weighted by Gasteiger charge is -2.33. The predicted molar refractivity (Wildman–Crippen MR) is 136 cm³/mol. The molecule has 0 saturated carbocycles. The number of amides is 1. The van der Waals surface area contributed by atoms with Gasteiger partial charge < -0.3 is 15.4 Å². The molecular formula is C26H24N6O2S. The molecule has 2 N–H and O–H groups in total. The first-order chi connectivity index (χ1) is 16.9. The van der Waals surface area contributed by atoms with E-state index in [4.69, 9.17) is 4.74 Å². The summed E-state index contributed by atoms with van der Waals surface area (Å²) in [7, 11) is 0. The van der Waals surface area contributed by atoms with Gasteiger partial charge in [-0.15, -0.1) is 10.2 Å². The van der Waals surface area contributed by atoms with Crippen LogP contribution in [0.4, 0.5) is 17.2 Å². The van der Waals surface area contributed by atoms with Gasteiger partial charge in [-0.25, -0.2) is 0 Å². The summed E-state index contributed by atoms with van der Waals surface area (Å²) in [4.78, 5) is 12.6. The second-order valence-electron chi connectivity index (χ2n) is 8.85. The van der Waals surface area contributed by atoms with E-state index in [2.05, 4.69) is 26.9 Å². The van der Waals surface area contributed by atoms with Crippen molar-refractivity contribution in [1.82, 2.24) is 14.6 Å². The number of carbonyl (C=O) groups is 1. The van der Waals surface area contributed by atoms with E-state index in [1.807, 2.05) is 78.9 Å². The van der Waals surface area contributed by atoms with Crippen LogP contribution in [0.1, 0.15) is 30.5 Å². The van der Waals surface area contributed by atoms with E-state index in [-0.39, 0.29) is 11.7 Å². The highest BCUT2D eigenvalue weighted by Gasteiger charge is 2.33. The van der Waals surface area contributed by atoms with Crippen LogP contribution in [0.3, 0.4) is 0 Å². The summed E-state index contributed by atoms with van der Waals surface area (Å²) >= 11 is 1.27. The highest BCUT2D eigenvalue weighted by Crippen LogP contribution is 2.38. The Bertz CT molecular complexity index is 1430. The maximum atomic E-state index is 12.6. The molecule has 1 amide bonds. The number of hydrogen-bond acceptors (Lipinski definition) is 7. The number of para-hydroxylation sites is 2. The first-order valence-electron chi connectivity index (χ1n) is 11.2. The number of nitrogens with one attached hydrogen (secondary N) is 2. The molecule has 0 aliphatic carbocycles. The van der Waals surface area contributed by atoms with Gasteiger partial charge in [0.15, 0.2) is 10.8 Å². The van der Waals surface area contributed by atoms with E-state index in [0.29, 0.717) is 35.2 Å². The molecule has 3 heterocycles. The maximum absolute atomic E-state index is 12.6. The van der Waals surface area contributed by atoms with E-state index in [1.165, 1.54) is 11.8 Å². The molecular weight excluding hydrogens is 460 g/mol. The zero-order chi connectivity index (χ0) is 24.4. The van der Waals surface area contributed by atoms with E-state index in [9.17, 15) is 10.1 Å². The standard InChI is InChI=1S/C26H24N6O2S/c1-26(2)13-19-20(14-27)23(29-18-11-7-4-8-12-18)32-24(21(19)15-34-26)30-31-25(32)35-16-22(33)28-17-9-5-3-6-10-17/h3-12,29H,13,15-16H2,1-2H3,(H,28,33). The molecule has 2 aromatic heterocycles. The number of pyridine rings is 1. The molecule has 9 heteroatoms. The number of rotatable bonds is 6. The van der Waals surface area contributed by atoms with Crippen LogP contribution in [0.5, 0.6) is 0 Å². The van der Waals surface area contributed by atoms with Crippen LogP contribution in [0, 0.1) is 11.3 Å². The Morgan fingerprint density at radius 1 is 1.09 bits per heavy atom. The molecule has 4 aromatic rings. The zero-order valence-corrected chi connectivity index (χ0v) is 20.2. The van der Waals surface area contributed by atoms with Crippen LogP contribution >= 0.6 is 11.8 Å². The largest absolute Gasteiger partial charge is 0.370 e. The normalized spacial score (nSPS) is 14.2. The Morgan fingerprint density at radius 3 is 2.46 bits per heavy atom. The molecule has 0 fully saturated rings. The van der Waals surface area contributed by atoms with E-state index < -0.39 is 5.60 Å². The molecule has 0 atom stereocenters. The Hall–Kier alpha value is -3.87. The molecule has 176 valence electrons. The number of thioether (sulfide) groups is 1. The van der Waals surface area contributed by atoms with E-state index >= 15 is 0 Å². The Balaban J connectivity index is 1.55.